The van der Waals surface area contributed by atoms with Crippen LogP contribution in [0.15, 0.2) is 29.4 Å². The summed E-state index contributed by atoms with van der Waals surface area (Å²) in [6, 6.07) is 8.19. The summed E-state index contributed by atoms with van der Waals surface area (Å²) in [7, 11) is 0. The summed E-state index contributed by atoms with van der Waals surface area (Å²) >= 11 is 1.80. The molecule has 2 aromatic rings. The van der Waals surface area contributed by atoms with E-state index < -0.39 is 0 Å². The number of aromatic nitrogens is 2. The number of para-hydroxylation sites is 2. The molecule has 19 heavy (non-hydrogen) atoms. The third kappa shape index (κ3) is 3.51. The van der Waals surface area contributed by atoms with Gasteiger partial charge in [-0.15, -0.1) is 0 Å². The van der Waals surface area contributed by atoms with Crippen molar-refractivity contribution in [2.24, 2.45) is 5.92 Å². The third-order valence-electron chi connectivity index (χ3n) is 3.79. The first-order valence-corrected chi connectivity index (χ1v) is 8.18. The molecule has 0 spiro atoms. The van der Waals surface area contributed by atoms with Crippen LogP contribution in [0, 0.1) is 5.92 Å². The molecule has 102 valence electrons. The first kappa shape index (κ1) is 13.0. The van der Waals surface area contributed by atoms with Crippen molar-refractivity contribution in [1.82, 2.24) is 15.3 Å². The van der Waals surface area contributed by atoms with Crippen LogP contribution < -0.4 is 5.32 Å². The van der Waals surface area contributed by atoms with Gasteiger partial charge in [0.2, 0.25) is 0 Å². The van der Waals surface area contributed by atoms with Crippen molar-refractivity contribution in [3.8, 4) is 0 Å². The van der Waals surface area contributed by atoms with Gasteiger partial charge >= 0.3 is 0 Å². The number of fused-ring (bicyclic) bond motifs is 1. The molecule has 3 rings (SSSR count). The predicted molar refractivity (Wildman–Crippen MR) is 81.6 cm³/mol. The zero-order chi connectivity index (χ0) is 12.9. The molecule has 4 heteroatoms. The minimum atomic E-state index is 0.927. The zero-order valence-corrected chi connectivity index (χ0v) is 12.0. The Morgan fingerprint density at radius 1 is 1.26 bits per heavy atom. The van der Waals surface area contributed by atoms with Crippen LogP contribution in [0.5, 0.6) is 0 Å². The van der Waals surface area contributed by atoms with Gasteiger partial charge in [-0.05, 0) is 37.4 Å². The van der Waals surface area contributed by atoms with Crippen LogP contribution in [0.2, 0.25) is 0 Å². The van der Waals surface area contributed by atoms with Gasteiger partial charge in [-0.2, -0.15) is 0 Å². The van der Waals surface area contributed by atoms with Gasteiger partial charge in [-0.25, -0.2) is 4.98 Å². The van der Waals surface area contributed by atoms with Gasteiger partial charge in [0.15, 0.2) is 5.16 Å². The molecule has 0 radical (unpaired) electrons. The van der Waals surface area contributed by atoms with Gasteiger partial charge in [0, 0.05) is 12.3 Å². The van der Waals surface area contributed by atoms with E-state index >= 15 is 0 Å². The molecule has 0 bridgehead atoms. The van der Waals surface area contributed by atoms with Crippen molar-refractivity contribution in [2.45, 2.75) is 30.8 Å². The fourth-order valence-electron chi connectivity index (χ4n) is 2.74. The maximum absolute atomic E-state index is 4.57. The molecule has 0 saturated heterocycles. The van der Waals surface area contributed by atoms with E-state index in [1.165, 1.54) is 32.2 Å². The maximum Gasteiger partial charge on any atom is 0.166 e. The largest absolute Gasteiger partial charge is 0.333 e. The van der Waals surface area contributed by atoms with Crippen molar-refractivity contribution >= 4 is 22.8 Å². The Morgan fingerprint density at radius 3 is 2.95 bits per heavy atom. The van der Waals surface area contributed by atoms with Crippen molar-refractivity contribution in [3.05, 3.63) is 24.3 Å². The number of thioether (sulfide) groups is 1. The average Bonchev–Trinajstić information content (AvgIpc) is 3.06. The normalized spacial score (nSPS) is 16.4. The van der Waals surface area contributed by atoms with Crippen LogP contribution >= 0.6 is 11.8 Å². The van der Waals surface area contributed by atoms with Gasteiger partial charge in [0.25, 0.3) is 0 Å². The molecule has 1 saturated carbocycles. The Hall–Kier alpha value is -1.00. The Bertz CT molecular complexity index is 484. The van der Waals surface area contributed by atoms with E-state index in [-0.39, 0.29) is 0 Å². The van der Waals surface area contributed by atoms with Crippen LogP contribution in [0.25, 0.3) is 11.0 Å². The first-order valence-electron chi connectivity index (χ1n) is 7.20. The van der Waals surface area contributed by atoms with Crippen LogP contribution in [-0.2, 0) is 0 Å². The molecule has 1 aromatic carbocycles. The Balaban J connectivity index is 1.39. The summed E-state index contributed by atoms with van der Waals surface area (Å²) in [6.07, 6.45) is 5.70. The Morgan fingerprint density at radius 2 is 2.11 bits per heavy atom. The number of benzene rings is 1. The summed E-state index contributed by atoms with van der Waals surface area (Å²) in [6.45, 7) is 2.26. The number of nitrogens with zero attached hydrogens (tertiary/aromatic N) is 1. The van der Waals surface area contributed by atoms with Crippen LogP contribution in [0.3, 0.4) is 0 Å². The molecule has 3 nitrogen and oxygen atoms in total. The number of hydrogen-bond acceptors (Lipinski definition) is 3. The lowest BCUT2D eigenvalue weighted by Crippen LogP contribution is -2.23. The van der Waals surface area contributed by atoms with Gasteiger partial charge in [-0.1, -0.05) is 36.7 Å². The Kier molecular flexibility index (Phi) is 4.41. The van der Waals surface area contributed by atoms with Gasteiger partial charge in [-0.3, -0.25) is 0 Å². The fraction of sp³-hybridized carbons (Fsp3) is 0.533. The number of H-pyrrole nitrogens is 1. The standard InChI is InChI=1S/C15H21N3S/c1-2-6-12(5-1)11-16-9-10-19-15-17-13-7-3-4-8-14(13)18-15/h3-4,7-8,12,16H,1-2,5-6,9-11H2,(H,17,18). The minimum absolute atomic E-state index is 0.927. The van der Waals surface area contributed by atoms with E-state index in [1.54, 1.807) is 11.8 Å². The van der Waals surface area contributed by atoms with E-state index in [0.29, 0.717) is 0 Å². The summed E-state index contributed by atoms with van der Waals surface area (Å²) in [5, 5.41) is 4.60. The highest BCUT2D eigenvalue weighted by atomic mass is 32.2. The summed E-state index contributed by atoms with van der Waals surface area (Å²) in [5.74, 6) is 2.00. The number of imidazole rings is 1. The van der Waals surface area contributed by atoms with Crippen molar-refractivity contribution in [1.29, 1.82) is 0 Å². The third-order valence-corrected chi connectivity index (χ3v) is 4.67. The number of aromatic amines is 1. The molecule has 1 aromatic heterocycles. The monoisotopic (exact) mass is 275 g/mol. The van der Waals surface area contributed by atoms with Crippen LogP contribution in [-0.4, -0.2) is 28.8 Å². The van der Waals surface area contributed by atoms with Crippen molar-refractivity contribution in [3.63, 3.8) is 0 Å². The molecule has 1 fully saturated rings. The molecule has 1 aliphatic rings. The highest BCUT2D eigenvalue weighted by molar-refractivity contribution is 7.99. The molecule has 0 unspecified atom stereocenters. The number of rotatable bonds is 6. The number of nitrogens with one attached hydrogen (secondary N) is 2. The smallest absolute Gasteiger partial charge is 0.166 e. The predicted octanol–water partition coefficient (Wildman–Crippen LogP) is 3.43. The van der Waals surface area contributed by atoms with Gasteiger partial charge in [0.1, 0.15) is 0 Å². The summed E-state index contributed by atoms with van der Waals surface area (Å²) in [5.41, 5.74) is 2.19. The molecule has 0 aliphatic heterocycles. The molecule has 0 amide bonds. The van der Waals surface area contributed by atoms with Crippen molar-refractivity contribution in [2.75, 3.05) is 18.8 Å². The molecule has 0 atom stereocenters. The van der Waals surface area contributed by atoms with Crippen LogP contribution in [0.4, 0.5) is 0 Å². The van der Waals surface area contributed by atoms with E-state index in [1.807, 2.05) is 18.2 Å². The molecular formula is C15H21N3S. The summed E-state index contributed by atoms with van der Waals surface area (Å²) in [4.78, 5) is 7.92. The maximum atomic E-state index is 4.57. The lowest BCUT2D eigenvalue weighted by atomic mass is 10.1. The average molecular weight is 275 g/mol. The van der Waals surface area contributed by atoms with E-state index in [2.05, 4.69) is 21.4 Å². The lowest BCUT2D eigenvalue weighted by molar-refractivity contribution is 0.500. The van der Waals surface area contributed by atoms with Crippen LogP contribution in [0.1, 0.15) is 25.7 Å². The number of hydrogen-bond donors (Lipinski definition) is 2. The summed E-state index contributed by atoms with van der Waals surface area (Å²) < 4.78 is 0. The van der Waals surface area contributed by atoms with E-state index in [4.69, 9.17) is 0 Å². The molecule has 1 heterocycles. The quantitative estimate of drug-likeness (QED) is 0.627. The second-order valence-electron chi connectivity index (χ2n) is 5.26. The second-order valence-corrected chi connectivity index (χ2v) is 6.35. The zero-order valence-electron chi connectivity index (χ0n) is 11.2. The van der Waals surface area contributed by atoms with Gasteiger partial charge < -0.3 is 10.3 Å². The highest BCUT2D eigenvalue weighted by Gasteiger charge is 2.13. The minimum Gasteiger partial charge on any atom is -0.333 e. The molecule has 1 aliphatic carbocycles. The molecule has 2 N–H and O–H groups in total. The second kappa shape index (κ2) is 6.44. The van der Waals surface area contributed by atoms with Crippen molar-refractivity contribution < 1.29 is 0 Å². The lowest BCUT2D eigenvalue weighted by Gasteiger charge is -2.09. The van der Waals surface area contributed by atoms with E-state index in [9.17, 15) is 0 Å². The van der Waals surface area contributed by atoms with E-state index in [0.717, 1.165) is 34.4 Å². The van der Waals surface area contributed by atoms with Gasteiger partial charge in [0.05, 0.1) is 11.0 Å². The highest BCUT2D eigenvalue weighted by Crippen LogP contribution is 2.23. The first-order chi connectivity index (χ1) is 9.42. The topological polar surface area (TPSA) is 40.7 Å². The Labute approximate surface area is 118 Å². The SMILES string of the molecule is c1ccc2[nH]c(SCCNCC3CCCC3)nc2c1. The fourth-order valence-corrected chi connectivity index (χ4v) is 3.52. The molecular weight excluding hydrogens is 254 g/mol.